The number of para-hydroxylation sites is 1. The van der Waals surface area contributed by atoms with Crippen LogP contribution in [0.15, 0.2) is 48.5 Å². The number of amides is 3. The summed E-state index contributed by atoms with van der Waals surface area (Å²) in [5.74, 6) is -2.34. The van der Waals surface area contributed by atoms with E-state index in [0.29, 0.717) is 32.2 Å². The molecule has 1 saturated carbocycles. The Labute approximate surface area is 183 Å². The summed E-state index contributed by atoms with van der Waals surface area (Å²) in [5.41, 5.74) is 4.07. The fourth-order valence-corrected chi connectivity index (χ4v) is 3.72. The van der Waals surface area contributed by atoms with E-state index in [1.807, 2.05) is 0 Å². The van der Waals surface area contributed by atoms with Gasteiger partial charge in [-0.3, -0.25) is 35.3 Å². The first kappa shape index (κ1) is 22.9. The van der Waals surface area contributed by atoms with Crippen LogP contribution < -0.4 is 16.2 Å². The fourth-order valence-electron chi connectivity index (χ4n) is 3.72. The zero-order chi connectivity index (χ0) is 23.1. The van der Waals surface area contributed by atoms with Crippen LogP contribution in [0.2, 0.25) is 0 Å². The molecule has 10 heteroatoms. The summed E-state index contributed by atoms with van der Waals surface area (Å²) in [6.45, 7) is 0.385. The molecule has 1 aliphatic carbocycles. The number of hydrogen-bond donors (Lipinski definition) is 3. The SMILES string of the molecule is O=C(NCC1CCC(C(=O)NNC(=O)c2ccccc2[N+](=O)[O-])CC1)c1ccccc1F. The van der Waals surface area contributed by atoms with Crippen LogP contribution in [0.1, 0.15) is 46.4 Å². The molecule has 0 aliphatic heterocycles. The number of carbonyl (C=O) groups excluding carboxylic acids is 3. The average Bonchev–Trinajstić information content (AvgIpc) is 2.81. The first-order valence-corrected chi connectivity index (χ1v) is 10.2. The third kappa shape index (κ3) is 5.65. The van der Waals surface area contributed by atoms with Gasteiger partial charge in [0.15, 0.2) is 0 Å². The lowest BCUT2D eigenvalue weighted by Gasteiger charge is -2.27. The second kappa shape index (κ2) is 10.5. The maximum atomic E-state index is 13.7. The van der Waals surface area contributed by atoms with Crippen LogP contribution in [0.25, 0.3) is 0 Å². The van der Waals surface area contributed by atoms with Gasteiger partial charge in [0.2, 0.25) is 5.91 Å². The highest BCUT2D eigenvalue weighted by atomic mass is 19.1. The van der Waals surface area contributed by atoms with Gasteiger partial charge in [-0.25, -0.2) is 4.39 Å². The molecule has 32 heavy (non-hydrogen) atoms. The highest BCUT2D eigenvalue weighted by molar-refractivity contribution is 5.99. The molecule has 0 bridgehead atoms. The first-order chi connectivity index (χ1) is 15.4. The van der Waals surface area contributed by atoms with Crippen LogP contribution in [0.5, 0.6) is 0 Å². The molecule has 0 radical (unpaired) electrons. The Morgan fingerprint density at radius 3 is 2.19 bits per heavy atom. The van der Waals surface area contributed by atoms with Gasteiger partial charge >= 0.3 is 0 Å². The van der Waals surface area contributed by atoms with Crippen molar-refractivity contribution >= 4 is 23.4 Å². The average molecular weight is 442 g/mol. The first-order valence-electron chi connectivity index (χ1n) is 10.2. The Balaban J connectivity index is 1.43. The molecule has 0 unspecified atom stereocenters. The number of nitrogens with one attached hydrogen (secondary N) is 3. The Morgan fingerprint density at radius 2 is 1.53 bits per heavy atom. The smallest absolute Gasteiger partial charge is 0.282 e. The summed E-state index contributed by atoms with van der Waals surface area (Å²) >= 11 is 0. The number of nitro groups is 1. The topological polar surface area (TPSA) is 130 Å². The van der Waals surface area contributed by atoms with E-state index in [9.17, 15) is 28.9 Å². The van der Waals surface area contributed by atoms with Gasteiger partial charge in [0.05, 0.1) is 10.5 Å². The minimum Gasteiger partial charge on any atom is -0.352 e. The van der Waals surface area contributed by atoms with E-state index in [-0.39, 0.29) is 34.6 Å². The van der Waals surface area contributed by atoms with Crippen molar-refractivity contribution < 1.29 is 23.7 Å². The van der Waals surface area contributed by atoms with Gasteiger partial charge in [-0.2, -0.15) is 0 Å². The molecule has 0 aromatic heterocycles. The van der Waals surface area contributed by atoms with Crippen molar-refractivity contribution in [3.05, 3.63) is 75.6 Å². The van der Waals surface area contributed by atoms with Crippen LogP contribution in [0.4, 0.5) is 10.1 Å². The minimum absolute atomic E-state index is 0.00467. The van der Waals surface area contributed by atoms with Crippen LogP contribution in [0, 0.1) is 27.8 Å². The Morgan fingerprint density at radius 1 is 0.906 bits per heavy atom. The van der Waals surface area contributed by atoms with Gasteiger partial charge in [0.1, 0.15) is 11.4 Å². The summed E-state index contributed by atoms with van der Waals surface area (Å²) in [4.78, 5) is 47.1. The van der Waals surface area contributed by atoms with Crippen molar-refractivity contribution in [1.29, 1.82) is 0 Å². The minimum atomic E-state index is -0.768. The van der Waals surface area contributed by atoms with Crippen molar-refractivity contribution in [2.75, 3.05) is 6.54 Å². The molecule has 3 amide bonds. The highest BCUT2D eigenvalue weighted by Gasteiger charge is 2.27. The Kier molecular flexibility index (Phi) is 7.48. The standard InChI is InChI=1S/C22H23FN4O5/c23-18-7-3-1-5-16(18)21(29)24-13-14-9-11-15(12-10-14)20(28)25-26-22(30)17-6-2-4-8-19(17)27(31)32/h1-8,14-15H,9-13H2,(H,24,29)(H,25,28)(H,26,30). The summed E-state index contributed by atoms with van der Waals surface area (Å²) < 4.78 is 13.7. The van der Waals surface area contributed by atoms with Crippen LogP contribution in [-0.2, 0) is 4.79 Å². The monoisotopic (exact) mass is 442 g/mol. The van der Waals surface area contributed by atoms with Crippen molar-refractivity contribution in [3.63, 3.8) is 0 Å². The van der Waals surface area contributed by atoms with E-state index in [2.05, 4.69) is 16.2 Å². The predicted octanol–water partition coefficient (Wildman–Crippen LogP) is 2.73. The van der Waals surface area contributed by atoms with E-state index < -0.39 is 22.6 Å². The molecule has 3 rings (SSSR count). The molecule has 2 aromatic rings. The van der Waals surface area contributed by atoms with Gasteiger partial charge in [0, 0.05) is 18.5 Å². The quantitative estimate of drug-likeness (QED) is 0.468. The summed E-state index contributed by atoms with van der Waals surface area (Å²) in [7, 11) is 0. The Hall–Kier alpha value is -3.82. The van der Waals surface area contributed by atoms with E-state index in [1.165, 1.54) is 42.5 Å². The number of nitrogens with zero attached hydrogens (tertiary/aromatic N) is 1. The second-order valence-electron chi connectivity index (χ2n) is 7.63. The maximum absolute atomic E-state index is 13.7. The number of benzene rings is 2. The predicted molar refractivity (Wildman–Crippen MR) is 113 cm³/mol. The van der Waals surface area contributed by atoms with Crippen molar-refractivity contribution in [3.8, 4) is 0 Å². The highest BCUT2D eigenvalue weighted by Crippen LogP contribution is 2.28. The number of hydrogen-bond acceptors (Lipinski definition) is 5. The molecule has 168 valence electrons. The number of hydrazine groups is 1. The number of nitro benzene ring substituents is 1. The zero-order valence-corrected chi connectivity index (χ0v) is 17.2. The number of rotatable bonds is 6. The van der Waals surface area contributed by atoms with Crippen molar-refractivity contribution in [2.24, 2.45) is 11.8 Å². The number of carbonyl (C=O) groups is 3. The lowest BCUT2D eigenvalue weighted by Crippen LogP contribution is -2.45. The summed E-state index contributed by atoms with van der Waals surface area (Å²) in [5, 5.41) is 13.8. The van der Waals surface area contributed by atoms with Crippen molar-refractivity contribution in [2.45, 2.75) is 25.7 Å². The molecule has 2 aromatic carbocycles. The third-order valence-corrected chi connectivity index (χ3v) is 5.53. The van der Waals surface area contributed by atoms with Crippen LogP contribution in [0.3, 0.4) is 0 Å². The van der Waals surface area contributed by atoms with Crippen LogP contribution in [-0.4, -0.2) is 29.2 Å². The summed E-state index contributed by atoms with van der Waals surface area (Å²) in [6.07, 6.45) is 2.50. The normalized spacial score (nSPS) is 17.8. The van der Waals surface area contributed by atoms with Gasteiger partial charge in [-0.15, -0.1) is 0 Å². The lowest BCUT2D eigenvalue weighted by atomic mass is 9.81. The molecule has 0 saturated heterocycles. The maximum Gasteiger partial charge on any atom is 0.282 e. The molecule has 1 aliphatic rings. The Bertz CT molecular complexity index is 1020. The molecule has 9 nitrogen and oxygen atoms in total. The number of halogens is 1. The molecule has 1 fully saturated rings. The van der Waals surface area contributed by atoms with Crippen LogP contribution >= 0.6 is 0 Å². The van der Waals surface area contributed by atoms with Gasteiger partial charge < -0.3 is 5.32 Å². The molecule has 0 atom stereocenters. The molecular formula is C22H23FN4O5. The largest absolute Gasteiger partial charge is 0.352 e. The van der Waals surface area contributed by atoms with E-state index in [0.717, 1.165) is 0 Å². The zero-order valence-electron chi connectivity index (χ0n) is 17.2. The molecule has 0 spiro atoms. The van der Waals surface area contributed by atoms with Crippen molar-refractivity contribution in [1.82, 2.24) is 16.2 Å². The fraction of sp³-hybridized carbons (Fsp3) is 0.318. The molecule has 3 N–H and O–H groups in total. The summed E-state index contributed by atoms with van der Waals surface area (Å²) in [6, 6.07) is 11.2. The lowest BCUT2D eigenvalue weighted by molar-refractivity contribution is -0.385. The third-order valence-electron chi connectivity index (χ3n) is 5.53. The van der Waals surface area contributed by atoms with E-state index >= 15 is 0 Å². The van der Waals surface area contributed by atoms with E-state index in [4.69, 9.17) is 0 Å². The molecular weight excluding hydrogens is 419 g/mol. The second-order valence-corrected chi connectivity index (χ2v) is 7.63. The van der Waals surface area contributed by atoms with Gasteiger partial charge in [-0.05, 0) is 49.8 Å². The van der Waals surface area contributed by atoms with E-state index in [1.54, 1.807) is 6.07 Å². The van der Waals surface area contributed by atoms with Gasteiger partial charge in [-0.1, -0.05) is 24.3 Å². The van der Waals surface area contributed by atoms with Gasteiger partial charge in [0.25, 0.3) is 17.5 Å². The molecule has 0 heterocycles.